The zero-order valence-corrected chi connectivity index (χ0v) is 8.26. The molecular formula is C11H17N3. The fourth-order valence-corrected chi connectivity index (χ4v) is 1.91. The van der Waals surface area contributed by atoms with Crippen LogP contribution in [-0.4, -0.2) is 30.1 Å². The van der Waals surface area contributed by atoms with E-state index in [1.807, 2.05) is 6.07 Å². The van der Waals surface area contributed by atoms with Crippen LogP contribution in [0.1, 0.15) is 5.56 Å². The third kappa shape index (κ3) is 2.12. The third-order valence-corrected chi connectivity index (χ3v) is 2.74. The van der Waals surface area contributed by atoms with Crippen molar-refractivity contribution in [1.29, 1.82) is 0 Å². The Morgan fingerprint density at radius 3 is 2.21 bits per heavy atom. The molecule has 3 nitrogen and oxygen atoms in total. The Bertz CT molecular complexity index is 276. The third-order valence-electron chi connectivity index (χ3n) is 2.74. The van der Waals surface area contributed by atoms with Crippen LogP contribution < -0.4 is 11.5 Å². The van der Waals surface area contributed by atoms with Crippen LogP contribution in [0.25, 0.3) is 0 Å². The van der Waals surface area contributed by atoms with Gasteiger partial charge in [0, 0.05) is 31.7 Å². The van der Waals surface area contributed by atoms with E-state index in [9.17, 15) is 0 Å². The Labute approximate surface area is 84.7 Å². The van der Waals surface area contributed by atoms with Crippen molar-refractivity contribution in [3.63, 3.8) is 0 Å². The minimum atomic E-state index is 0.138. The van der Waals surface area contributed by atoms with Gasteiger partial charge < -0.3 is 11.5 Å². The van der Waals surface area contributed by atoms with E-state index in [0.29, 0.717) is 0 Å². The van der Waals surface area contributed by atoms with E-state index in [4.69, 9.17) is 11.5 Å². The first-order valence-corrected chi connectivity index (χ1v) is 5.03. The summed E-state index contributed by atoms with van der Waals surface area (Å²) >= 11 is 0. The summed E-state index contributed by atoms with van der Waals surface area (Å²) in [5, 5.41) is 0. The van der Waals surface area contributed by atoms with E-state index in [-0.39, 0.29) is 12.1 Å². The van der Waals surface area contributed by atoms with Crippen LogP contribution in [0.15, 0.2) is 30.3 Å². The van der Waals surface area contributed by atoms with Crippen molar-refractivity contribution < 1.29 is 0 Å². The molecule has 1 fully saturated rings. The van der Waals surface area contributed by atoms with Crippen LogP contribution in [0, 0.1) is 0 Å². The van der Waals surface area contributed by atoms with E-state index in [0.717, 1.165) is 19.6 Å². The lowest BCUT2D eigenvalue weighted by Gasteiger charge is -2.14. The summed E-state index contributed by atoms with van der Waals surface area (Å²) < 4.78 is 0. The summed E-state index contributed by atoms with van der Waals surface area (Å²) in [6.45, 7) is 2.79. The Balaban J connectivity index is 1.94. The van der Waals surface area contributed by atoms with Crippen LogP contribution in [0.5, 0.6) is 0 Å². The topological polar surface area (TPSA) is 55.3 Å². The Hall–Kier alpha value is -0.900. The molecule has 1 saturated heterocycles. The van der Waals surface area contributed by atoms with Gasteiger partial charge in [-0.15, -0.1) is 0 Å². The predicted molar refractivity (Wildman–Crippen MR) is 57.7 cm³/mol. The van der Waals surface area contributed by atoms with Crippen molar-refractivity contribution in [1.82, 2.24) is 4.90 Å². The molecule has 0 aromatic heterocycles. The molecule has 2 unspecified atom stereocenters. The summed E-state index contributed by atoms with van der Waals surface area (Å²) in [4.78, 5) is 2.31. The number of benzene rings is 1. The number of rotatable bonds is 2. The second kappa shape index (κ2) is 4.09. The molecule has 76 valence electrons. The predicted octanol–water partition coefficient (Wildman–Crippen LogP) is 0.157. The van der Waals surface area contributed by atoms with Crippen LogP contribution in [-0.2, 0) is 6.54 Å². The van der Waals surface area contributed by atoms with Gasteiger partial charge in [-0.25, -0.2) is 0 Å². The summed E-state index contributed by atoms with van der Waals surface area (Å²) in [5.41, 5.74) is 13.0. The van der Waals surface area contributed by atoms with E-state index in [1.165, 1.54) is 5.56 Å². The zero-order valence-electron chi connectivity index (χ0n) is 8.26. The molecule has 0 amide bonds. The fourth-order valence-electron chi connectivity index (χ4n) is 1.91. The van der Waals surface area contributed by atoms with Crippen LogP contribution in [0.2, 0.25) is 0 Å². The average Bonchev–Trinajstić information content (AvgIpc) is 2.47. The smallest absolute Gasteiger partial charge is 0.0334 e. The maximum atomic E-state index is 5.86. The molecule has 1 aliphatic rings. The quantitative estimate of drug-likeness (QED) is 0.700. The van der Waals surface area contributed by atoms with Crippen molar-refractivity contribution in [2.24, 2.45) is 11.5 Å². The minimum absolute atomic E-state index is 0.138. The monoisotopic (exact) mass is 191 g/mol. The lowest BCUT2D eigenvalue weighted by atomic mass is 10.2. The second-order valence-electron chi connectivity index (χ2n) is 4.01. The summed E-state index contributed by atoms with van der Waals surface area (Å²) in [6, 6.07) is 10.7. The average molecular weight is 191 g/mol. The van der Waals surface area contributed by atoms with Gasteiger partial charge in [0.05, 0.1) is 0 Å². The molecule has 4 N–H and O–H groups in total. The number of nitrogens with two attached hydrogens (primary N) is 2. The van der Waals surface area contributed by atoms with E-state index in [2.05, 4.69) is 29.2 Å². The molecule has 2 atom stereocenters. The molecular weight excluding hydrogens is 174 g/mol. The first-order chi connectivity index (χ1) is 6.75. The molecule has 1 heterocycles. The van der Waals surface area contributed by atoms with Gasteiger partial charge in [-0.3, -0.25) is 4.90 Å². The van der Waals surface area contributed by atoms with Crippen molar-refractivity contribution in [2.75, 3.05) is 13.1 Å². The molecule has 0 bridgehead atoms. The molecule has 3 heteroatoms. The molecule has 0 radical (unpaired) electrons. The lowest BCUT2D eigenvalue weighted by molar-refractivity contribution is 0.324. The number of nitrogens with zero attached hydrogens (tertiary/aromatic N) is 1. The lowest BCUT2D eigenvalue weighted by Crippen LogP contribution is -2.39. The van der Waals surface area contributed by atoms with Gasteiger partial charge in [0.1, 0.15) is 0 Å². The van der Waals surface area contributed by atoms with E-state index in [1.54, 1.807) is 0 Å². The SMILES string of the molecule is NC1CN(Cc2ccccc2)CC1N. The largest absolute Gasteiger partial charge is 0.325 e. The highest BCUT2D eigenvalue weighted by molar-refractivity contribution is 5.14. The van der Waals surface area contributed by atoms with Crippen molar-refractivity contribution >= 4 is 0 Å². The van der Waals surface area contributed by atoms with Gasteiger partial charge in [-0.1, -0.05) is 30.3 Å². The van der Waals surface area contributed by atoms with Gasteiger partial charge in [0.15, 0.2) is 0 Å². The molecule has 0 saturated carbocycles. The van der Waals surface area contributed by atoms with E-state index < -0.39 is 0 Å². The van der Waals surface area contributed by atoms with Gasteiger partial charge in [0.2, 0.25) is 0 Å². The molecule has 1 aromatic carbocycles. The van der Waals surface area contributed by atoms with Crippen molar-refractivity contribution in [3.05, 3.63) is 35.9 Å². The van der Waals surface area contributed by atoms with Gasteiger partial charge in [-0.2, -0.15) is 0 Å². The molecule has 1 aliphatic heterocycles. The first kappa shape index (κ1) is 9.65. The standard InChI is InChI=1S/C11H17N3/c12-10-7-14(8-11(10)13)6-9-4-2-1-3-5-9/h1-5,10-11H,6-8,12-13H2. The second-order valence-corrected chi connectivity index (χ2v) is 4.01. The van der Waals surface area contributed by atoms with Crippen LogP contribution in [0.3, 0.4) is 0 Å². The Kier molecular flexibility index (Phi) is 2.82. The molecule has 2 rings (SSSR count). The Morgan fingerprint density at radius 2 is 1.64 bits per heavy atom. The number of hydrogen-bond donors (Lipinski definition) is 2. The zero-order chi connectivity index (χ0) is 9.97. The highest BCUT2D eigenvalue weighted by Crippen LogP contribution is 2.11. The first-order valence-electron chi connectivity index (χ1n) is 5.03. The summed E-state index contributed by atoms with van der Waals surface area (Å²) in [6.07, 6.45) is 0. The number of likely N-dealkylation sites (tertiary alicyclic amines) is 1. The van der Waals surface area contributed by atoms with E-state index >= 15 is 0 Å². The number of hydrogen-bond acceptors (Lipinski definition) is 3. The van der Waals surface area contributed by atoms with Gasteiger partial charge >= 0.3 is 0 Å². The van der Waals surface area contributed by atoms with Crippen LogP contribution >= 0.6 is 0 Å². The summed E-state index contributed by atoms with van der Waals surface area (Å²) in [7, 11) is 0. The minimum Gasteiger partial charge on any atom is -0.325 e. The highest BCUT2D eigenvalue weighted by Gasteiger charge is 2.26. The summed E-state index contributed by atoms with van der Waals surface area (Å²) in [5.74, 6) is 0. The molecule has 14 heavy (non-hydrogen) atoms. The molecule has 0 spiro atoms. The highest BCUT2D eigenvalue weighted by atomic mass is 15.2. The Morgan fingerprint density at radius 1 is 1.07 bits per heavy atom. The fraction of sp³-hybridized carbons (Fsp3) is 0.455. The molecule has 1 aromatic rings. The van der Waals surface area contributed by atoms with Crippen molar-refractivity contribution in [2.45, 2.75) is 18.6 Å². The molecule has 0 aliphatic carbocycles. The van der Waals surface area contributed by atoms with Crippen molar-refractivity contribution in [3.8, 4) is 0 Å². The van der Waals surface area contributed by atoms with Gasteiger partial charge in [0.25, 0.3) is 0 Å². The van der Waals surface area contributed by atoms with Crippen LogP contribution in [0.4, 0.5) is 0 Å². The maximum Gasteiger partial charge on any atom is 0.0334 e. The maximum absolute atomic E-state index is 5.86. The van der Waals surface area contributed by atoms with Gasteiger partial charge in [-0.05, 0) is 5.56 Å². The normalized spacial score (nSPS) is 28.1.